The second-order valence-electron chi connectivity index (χ2n) is 29.3. The van der Waals surface area contributed by atoms with Crippen LogP contribution in [0.4, 0.5) is 0 Å². The average molecular weight is 2120 g/mol. The van der Waals surface area contributed by atoms with Gasteiger partial charge in [-0.05, 0) is 219 Å². The standard InChI is InChI=1S/C20H20P.C19H15Br.C18H12BO2.C18H11Br.C17H13BrO.C10H6Br2.C7H8BO3.CH2Cl2.CH4O3S/c1-2-21(18-12-6-3-7-13-18,19-14-8-4-9-15-19)20-16-10-5-11-17-20;1-2-7-14-8-3-4-9-15(14)17-12-13-19(20)18-11-6-5-10-16(17)18;20-19-21-17-11-13-10-9-12-5-1-2-6-14(12)18(13)16-8-4-3-7-15(16)17;19-17-11-13-10-9-12-5-1-2-6-14(12)18(13)16-8-4-3-7-15(16)17;1-19-17-9-5-4-8-15(17)13-10-11-16(18)14-7-3-2-6-12(13)14;11-9-5-6-10(12)8-4-2-1-3-7(8)9;1-10-6-4-2-3-5-7(6)11-8-9;2-1-3;1-5(2,3)4/h3-17H,2H2,1H3;2-13H,1H3;1-11,20H;1-11H;2-11H,1H3;1-6H;2-5,9H,1H3;1H2;1H3,(H,2,3,4)/q+1;;;;;;;;/b;7-2+;;;;;;;. The predicted octanol–water partition coefficient (Wildman–Crippen LogP) is 31.4. The Morgan fingerprint density at radius 3 is 1.04 bits per heavy atom. The lowest BCUT2D eigenvalue weighted by atomic mass is 9.94. The van der Waals surface area contributed by atoms with Crippen molar-refractivity contribution in [1.82, 2.24) is 0 Å². The molecule has 131 heavy (non-hydrogen) atoms. The van der Waals surface area contributed by atoms with Crippen molar-refractivity contribution in [3.05, 3.63) is 440 Å². The number of hydrogen-bond donors (Lipinski definition) is 3. The summed E-state index contributed by atoms with van der Waals surface area (Å²) in [5.41, 5.74) is 6.11. The Hall–Kier alpha value is -11.0. The number of alkyl halides is 2. The zero-order valence-electron chi connectivity index (χ0n) is 72.2. The summed E-state index contributed by atoms with van der Waals surface area (Å²) in [6.45, 7) is 4.37. The number of hydrogen-bond acceptors (Lipinski definition) is 8. The van der Waals surface area contributed by atoms with Crippen molar-refractivity contribution in [3.8, 4) is 45.3 Å². The van der Waals surface area contributed by atoms with Crippen LogP contribution in [-0.2, 0) is 10.1 Å². The number of para-hydroxylation sites is 3. The maximum absolute atomic E-state index is 9.19. The Kier molecular flexibility index (Phi) is 37.4. The summed E-state index contributed by atoms with van der Waals surface area (Å²) in [4.78, 5) is 0. The van der Waals surface area contributed by atoms with Gasteiger partial charge < -0.3 is 28.8 Å². The molecular formula is C111H91B2Br5Cl2O9PS+. The molecule has 3 N–H and O–H groups in total. The van der Waals surface area contributed by atoms with Gasteiger partial charge in [0, 0.05) is 33.3 Å². The molecule has 20 rings (SSSR count). The second-order valence-corrected chi connectivity index (χ2v) is 39.6. The van der Waals surface area contributed by atoms with Gasteiger partial charge in [-0.1, -0.05) is 407 Å². The Morgan fingerprint density at radius 1 is 0.321 bits per heavy atom. The van der Waals surface area contributed by atoms with Gasteiger partial charge in [0.25, 0.3) is 10.1 Å². The summed E-state index contributed by atoms with van der Waals surface area (Å²) in [6, 6.07) is 141. The van der Waals surface area contributed by atoms with Gasteiger partial charge in [-0.25, -0.2) is 0 Å². The minimum atomic E-state index is -3.67. The molecule has 0 heterocycles. The molecule has 0 aliphatic rings. The van der Waals surface area contributed by atoms with Crippen molar-refractivity contribution in [2.24, 2.45) is 0 Å². The first-order valence-electron chi connectivity index (χ1n) is 41.6. The van der Waals surface area contributed by atoms with Gasteiger partial charge in [0.05, 0.1) is 32.0 Å². The Labute approximate surface area is 820 Å². The highest BCUT2D eigenvalue weighted by atomic mass is 79.9. The lowest BCUT2D eigenvalue weighted by molar-refractivity contribution is 0.381. The molecule has 0 aliphatic heterocycles. The van der Waals surface area contributed by atoms with Gasteiger partial charge in [-0.2, -0.15) is 8.42 Å². The minimum absolute atomic E-state index is 0.194. The molecule has 0 fully saturated rings. The lowest BCUT2D eigenvalue weighted by Gasteiger charge is -2.26. The van der Waals surface area contributed by atoms with Crippen LogP contribution in [0.5, 0.6) is 23.0 Å². The van der Waals surface area contributed by atoms with Gasteiger partial charge in [0.2, 0.25) is 0 Å². The molecule has 0 saturated heterocycles. The van der Waals surface area contributed by atoms with E-state index >= 15 is 0 Å². The topological polar surface area (TPSA) is 132 Å². The third-order valence-electron chi connectivity index (χ3n) is 21.5. The van der Waals surface area contributed by atoms with E-state index < -0.39 is 17.4 Å². The molecule has 20 aromatic carbocycles. The van der Waals surface area contributed by atoms with E-state index in [1.54, 1.807) is 32.4 Å². The highest BCUT2D eigenvalue weighted by Crippen LogP contribution is 2.55. The van der Waals surface area contributed by atoms with E-state index in [2.05, 4.69) is 421 Å². The fourth-order valence-corrected chi connectivity index (χ4v) is 22.3. The van der Waals surface area contributed by atoms with Crippen LogP contribution < -0.4 is 34.7 Å². The summed E-state index contributed by atoms with van der Waals surface area (Å²) in [6.07, 6.45) is 6.10. The normalized spacial score (nSPS) is 10.8. The van der Waals surface area contributed by atoms with Gasteiger partial charge >= 0.3 is 15.4 Å². The monoisotopic (exact) mass is 2120 g/mol. The quantitative estimate of drug-likeness (QED) is 0.0339. The van der Waals surface area contributed by atoms with E-state index in [1.807, 2.05) is 72.8 Å². The summed E-state index contributed by atoms with van der Waals surface area (Å²) < 4.78 is 52.0. The Morgan fingerprint density at radius 2 is 0.618 bits per heavy atom. The smallest absolute Gasteiger partial charge is 0.537 e. The van der Waals surface area contributed by atoms with Crippen molar-refractivity contribution in [2.75, 3.05) is 32.0 Å². The summed E-state index contributed by atoms with van der Waals surface area (Å²) >= 11 is 27.5. The molecule has 2 radical (unpaired) electrons. The van der Waals surface area contributed by atoms with Crippen LogP contribution in [0.25, 0.3) is 125 Å². The zero-order chi connectivity index (χ0) is 92.7. The highest BCUT2D eigenvalue weighted by molar-refractivity contribution is 9.11. The number of methoxy groups -OCH3 is 2. The summed E-state index contributed by atoms with van der Waals surface area (Å²) in [7, 11) is -0.598. The first kappa shape index (κ1) is 99.1. The summed E-state index contributed by atoms with van der Waals surface area (Å²) in [5.74, 6) is 2.65. The molecule has 0 bridgehead atoms. The van der Waals surface area contributed by atoms with E-state index in [-0.39, 0.29) is 5.34 Å². The fraction of sp³-hybridized carbons (Fsp3) is 0.0631. The van der Waals surface area contributed by atoms with E-state index in [0.29, 0.717) is 31.2 Å². The van der Waals surface area contributed by atoms with Crippen LogP contribution in [0.2, 0.25) is 0 Å². The molecule has 0 amide bonds. The lowest BCUT2D eigenvalue weighted by Crippen LogP contribution is -2.32. The number of benzene rings is 20. The van der Waals surface area contributed by atoms with Gasteiger partial charge in [-0.15, -0.1) is 23.2 Å². The van der Waals surface area contributed by atoms with Crippen LogP contribution in [0.3, 0.4) is 0 Å². The van der Waals surface area contributed by atoms with Crippen molar-refractivity contribution < 1.29 is 41.8 Å². The number of fused-ring (bicyclic) bond motifs is 13. The van der Waals surface area contributed by atoms with Crippen LogP contribution >= 0.6 is 110 Å². The van der Waals surface area contributed by atoms with E-state index in [4.69, 9.17) is 56.6 Å². The van der Waals surface area contributed by atoms with Gasteiger partial charge in [-0.3, -0.25) is 4.55 Å². The number of ether oxygens (including phenoxy) is 2. The largest absolute Gasteiger partial charge is 0.569 e. The first-order valence-corrected chi connectivity index (χ1v) is 50.5. The van der Waals surface area contributed by atoms with Gasteiger partial charge in [0.1, 0.15) is 40.4 Å². The molecule has 0 spiro atoms. The van der Waals surface area contributed by atoms with Crippen molar-refractivity contribution in [3.63, 3.8) is 0 Å². The predicted molar refractivity (Wildman–Crippen MR) is 580 cm³/mol. The fourth-order valence-electron chi connectivity index (χ4n) is 15.8. The molecule has 0 aromatic heterocycles. The van der Waals surface area contributed by atoms with Crippen molar-refractivity contribution in [1.29, 1.82) is 0 Å². The van der Waals surface area contributed by atoms with Crippen LogP contribution in [-0.4, -0.2) is 70.4 Å². The summed E-state index contributed by atoms with van der Waals surface area (Å²) in [5, 5.41) is 44.1. The third kappa shape index (κ3) is 25.3. The van der Waals surface area contributed by atoms with Crippen molar-refractivity contribution >= 4 is 255 Å². The molecule has 654 valence electrons. The molecular weight excluding hydrogens is 2030 g/mol. The SMILES string of the molecule is Brc1cc2ccc3ccccc3c2c2ccccc12.Brc1ccc(Br)c2ccccc12.C/C=C/c1ccccc1-c1ccc(Br)c2ccccc12.CC[P+](c1ccccc1)(c1ccccc1)c1ccccc1.COc1ccccc1-c1ccc(Br)c2ccccc12.COc1ccccc1O[B]O.CS(=O)(=O)O.ClCCl.O[B]Oc1cc2ccc3ccccc3c2c2ccccc12. The molecule has 0 saturated carbocycles. The second kappa shape index (κ2) is 49.5. The van der Waals surface area contributed by atoms with Crippen LogP contribution in [0.1, 0.15) is 19.4 Å². The maximum atomic E-state index is 9.19. The average Bonchev–Trinajstić information content (AvgIpc) is 0.761. The minimum Gasteiger partial charge on any atom is -0.537 e. The maximum Gasteiger partial charge on any atom is 0.569 e. The zero-order valence-corrected chi connectivity index (χ0v) is 83.4. The van der Waals surface area contributed by atoms with E-state index in [1.165, 1.54) is 119 Å². The Bertz CT molecular complexity index is 7240. The van der Waals surface area contributed by atoms with E-state index in [9.17, 15) is 8.42 Å². The number of halogens is 7. The van der Waals surface area contributed by atoms with Gasteiger partial charge in [0.15, 0.2) is 5.75 Å². The highest BCUT2D eigenvalue weighted by Gasteiger charge is 2.43. The third-order valence-corrected chi connectivity index (χ3v) is 29.4. The molecule has 20 aromatic rings. The molecule has 9 nitrogen and oxygen atoms in total. The molecule has 0 atom stereocenters. The number of allylic oxidation sites excluding steroid dienone is 1. The van der Waals surface area contributed by atoms with Crippen LogP contribution in [0, 0.1) is 0 Å². The van der Waals surface area contributed by atoms with Crippen LogP contribution in [0.15, 0.2) is 435 Å². The molecule has 0 aliphatic carbocycles. The van der Waals surface area contributed by atoms with Crippen molar-refractivity contribution in [2.45, 2.75) is 13.8 Å². The van der Waals surface area contributed by atoms with E-state index in [0.717, 1.165) is 63.7 Å². The number of rotatable bonds is 13. The Balaban J connectivity index is 0.000000137. The molecule has 20 heteroatoms. The first-order chi connectivity index (χ1) is 63.8. The molecule has 0 unspecified atom stereocenters.